The minimum absolute atomic E-state index is 0.00489. The van der Waals surface area contributed by atoms with Gasteiger partial charge in [-0.2, -0.15) is 0 Å². The third-order valence-electron chi connectivity index (χ3n) is 2.78. The summed E-state index contributed by atoms with van der Waals surface area (Å²) in [6.45, 7) is 0. The average Bonchev–Trinajstić information content (AvgIpc) is 2.43. The molecule has 0 radical (unpaired) electrons. The zero-order valence-electron chi connectivity index (χ0n) is 11.0. The smallest absolute Gasteiger partial charge is 0.337 e. The Labute approximate surface area is 134 Å². The number of carboxylic acids is 1. The van der Waals surface area contributed by atoms with Crippen molar-refractivity contribution >= 4 is 50.6 Å². The molecule has 0 aliphatic carbocycles. The fourth-order valence-corrected chi connectivity index (χ4v) is 2.41. The van der Waals surface area contributed by atoms with E-state index in [0.29, 0.717) is 11.4 Å². The maximum Gasteiger partial charge on any atom is 0.337 e. The number of nitrogens with two attached hydrogens (primary N) is 1. The Morgan fingerprint density at radius 3 is 2.71 bits per heavy atom. The van der Waals surface area contributed by atoms with Gasteiger partial charge < -0.3 is 20.9 Å². The minimum atomic E-state index is -1.12. The number of halogens is 2. The van der Waals surface area contributed by atoms with Crippen LogP contribution in [0.25, 0.3) is 0 Å². The second-order valence-electron chi connectivity index (χ2n) is 4.20. The molecule has 21 heavy (non-hydrogen) atoms. The first-order valence-corrected chi connectivity index (χ1v) is 7.02. The number of rotatable bonds is 4. The number of carbonyl (C=O) groups is 1. The van der Waals surface area contributed by atoms with Crippen LogP contribution in [0.15, 0.2) is 34.8 Å². The summed E-state index contributed by atoms with van der Waals surface area (Å²) in [7, 11) is 1.55. The van der Waals surface area contributed by atoms with Gasteiger partial charge in [-0.15, -0.1) is 0 Å². The van der Waals surface area contributed by atoms with Crippen molar-refractivity contribution in [1.82, 2.24) is 0 Å². The maximum absolute atomic E-state index is 11.3. The summed E-state index contributed by atoms with van der Waals surface area (Å²) < 4.78 is 5.89. The van der Waals surface area contributed by atoms with E-state index in [4.69, 9.17) is 22.1 Å². The van der Waals surface area contributed by atoms with E-state index < -0.39 is 5.97 Å². The highest BCUT2D eigenvalue weighted by molar-refractivity contribution is 9.10. The van der Waals surface area contributed by atoms with Crippen molar-refractivity contribution in [3.63, 3.8) is 0 Å². The molecule has 0 atom stereocenters. The van der Waals surface area contributed by atoms with Crippen LogP contribution in [0.1, 0.15) is 10.4 Å². The Kier molecular flexibility index (Phi) is 4.59. The number of aromatic carboxylic acids is 1. The topological polar surface area (TPSA) is 84.6 Å². The lowest BCUT2D eigenvalue weighted by Gasteiger charge is -2.14. The first-order chi connectivity index (χ1) is 9.92. The zero-order chi connectivity index (χ0) is 15.6. The molecule has 0 spiro atoms. The number of hydrogen-bond donors (Lipinski definition) is 3. The third kappa shape index (κ3) is 3.40. The maximum atomic E-state index is 11.3. The van der Waals surface area contributed by atoms with Crippen LogP contribution < -0.4 is 15.8 Å². The second-order valence-corrected chi connectivity index (χ2v) is 5.46. The predicted octanol–water partition coefficient (Wildman–Crippen LogP) is 4.14. The van der Waals surface area contributed by atoms with Gasteiger partial charge >= 0.3 is 5.97 Å². The Bertz CT molecular complexity index is 707. The number of methoxy groups -OCH3 is 1. The van der Waals surface area contributed by atoms with Crippen molar-refractivity contribution in [3.8, 4) is 5.75 Å². The Morgan fingerprint density at radius 1 is 1.38 bits per heavy atom. The molecule has 2 rings (SSSR count). The third-order valence-corrected chi connectivity index (χ3v) is 3.77. The van der Waals surface area contributed by atoms with Gasteiger partial charge in [0.15, 0.2) is 0 Å². The largest absolute Gasteiger partial charge is 0.497 e. The van der Waals surface area contributed by atoms with E-state index in [1.54, 1.807) is 25.3 Å². The van der Waals surface area contributed by atoms with Gasteiger partial charge in [0, 0.05) is 16.2 Å². The lowest BCUT2D eigenvalue weighted by molar-refractivity contribution is 0.0698. The van der Waals surface area contributed by atoms with E-state index in [2.05, 4.69) is 21.2 Å². The van der Waals surface area contributed by atoms with Crippen LogP contribution in [0, 0.1) is 0 Å². The Morgan fingerprint density at radius 2 is 2.10 bits per heavy atom. The average molecular weight is 372 g/mol. The van der Waals surface area contributed by atoms with E-state index in [9.17, 15) is 9.90 Å². The van der Waals surface area contributed by atoms with Crippen molar-refractivity contribution in [2.45, 2.75) is 0 Å². The molecule has 0 fully saturated rings. The summed E-state index contributed by atoms with van der Waals surface area (Å²) >= 11 is 9.49. The highest BCUT2D eigenvalue weighted by atomic mass is 79.9. The van der Waals surface area contributed by atoms with Gasteiger partial charge in [0.2, 0.25) is 0 Å². The van der Waals surface area contributed by atoms with E-state index in [-0.39, 0.29) is 22.0 Å². The molecule has 110 valence electrons. The molecular weight excluding hydrogens is 360 g/mol. The molecule has 2 aromatic carbocycles. The van der Waals surface area contributed by atoms with Crippen molar-refractivity contribution in [2.75, 3.05) is 18.2 Å². The number of nitrogen functional groups attached to an aromatic ring is 1. The molecular formula is C14H12BrClN2O3. The SMILES string of the molecule is COc1ccc(Br)c(Nc2c(Cl)cc(N)cc2C(=O)O)c1. The predicted molar refractivity (Wildman–Crippen MR) is 86.8 cm³/mol. The van der Waals surface area contributed by atoms with E-state index in [0.717, 1.165) is 4.47 Å². The van der Waals surface area contributed by atoms with Crippen LogP contribution >= 0.6 is 27.5 Å². The van der Waals surface area contributed by atoms with Gasteiger partial charge in [-0.3, -0.25) is 0 Å². The number of anilines is 3. The van der Waals surface area contributed by atoms with Gasteiger partial charge in [0.25, 0.3) is 0 Å². The number of nitrogens with one attached hydrogen (secondary N) is 1. The fourth-order valence-electron chi connectivity index (χ4n) is 1.79. The normalized spacial score (nSPS) is 10.2. The first-order valence-electron chi connectivity index (χ1n) is 5.85. The zero-order valence-corrected chi connectivity index (χ0v) is 13.3. The Balaban J connectivity index is 2.51. The van der Waals surface area contributed by atoms with Crippen molar-refractivity contribution in [1.29, 1.82) is 0 Å². The number of ether oxygens (including phenoxy) is 1. The van der Waals surface area contributed by atoms with Crippen molar-refractivity contribution in [3.05, 3.63) is 45.4 Å². The fraction of sp³-hybridized carbons (Fsp3) is 0.0714. The number of hydrogen-bond acceptors (Lipinski definition) is 4. The first kappa shape index (κ1) is 15.5. The van der Waals surface area contributed by atoms with Crippen LogP contribution in [0.2, 0.25) is 5.02 Å². The van der Waals surface area contributed by atoms with E-state index in [1.807, 2.05) is 0 Å². The summed E-state index contributed by atoms with van der Waals surface area (Å²) in [6.07, 6.45) is 0. The van der Waals surface area contributed by atoms with Crippen LogP contribution in [0.4, 0.5) is 17.1 Å². The van der Waals surface area contributed by atoms with Gasteiger partial charge in [0.05, 0.1) is 29.1 Å². The molecule has 2 aromatic rings. The van der Waals surface area contributed by atoms with Gasteiger partial charge in [-0.05, 0) is 40.2 Å². The van der Waals surface area contributed by atoms with Crippen molar-refractivity contribution < 1.29 is 14.6 Å². The molecule has 5 nitrogen and oxygen atoms in total. The van der Waals surface area contributed by atoms with E-state index in [1.165, 1.54) is 12.1 Å². The molecule has 0 aliphatic heterocycles. The standard InChI is InChI=1S/C14H12BrClN2O3/c1-21-8-2-3-10(15)12(6-8)18-13-9(14(19)20)4-7(17)5-11(13)16/h2-6,18H,17H2,1H3,(H,19,20). The molecule has 0 aromatic heterocycles. The molecule has 7 heteroatoms. The number of benzene rings is 2. The van der Waals surface area contributed by atoms with Crippen LogP contribution in [0.5, 0.6) is 5.75 Å². The molecule has 0 aliphatic rings. The summed E-state index contributed by atoms with van der Waals surface area (Å²) in [5.74, 6) is -0.491. The van der Waals surface area contributed by atoms with Crippen molar-refractivity contribution in [2.24, 2.45) is 0 Å². The molecule has 4 N–H and O–H groups in total. The summed E-state index contributed by atoms with van der Waals surface area (Å²) in [6, 6.07) is 8.13. The van der Waals surface area contributed by atoms with Crippen LogP contribution in [0.3, 0.4) is 0 Å². The summed E-state index contributed by atoms with van der Waals surface area (Å²) in [5.41, 5.74) is 6.81. The monoisotopic (exact) mass is 370 g/mol. The highest BCUT2D eigenvalue weighted by Gasteiger charge is 2.16. The van der Waals surface area contributed by atoms with Gasteiger partial charge in [0.1, 0.15) is 5.75 Å². The minimum Gasteiger partial charge on any atom is -0.497 e. The molecule has 0 unspecified atom stereocenters. The van der Waals surface area contributed by atoms with Crippen LogP contribution in [-0.4, -0.2) is 18.2 Å². The highest BCUT2D eigenvalue weighted by Crippen LogP contribution is 2.35. The number of carboxylic acid groups (broad SMARTS) is 1. The Hall–Kier alpha value is -1.92. The summed E-state index contributed by atoms with van der Waals surface area (Å²) in [5, 5.41) is 12.5. The molecule has 0 saturated heterocycles. The second kappa shape index (κ2) is 6.24. The van der Waals surface area contributed by atoms with Gasteiger partial charge in [-0.25, -0.2) is 4.79 Å². The molecule has 0 heterocycles. The lowest BCUT2D eigenvalue weighted by Crippen LogP contribution is -2.05. The lowest BCUT2D eigenvalue weighted by atomic mass is 10.1. The molecule has 0 bridgehead atoms. The summed E-state index contributed by atoms with van der Waals surface area (Å²) in [4.78, 5) is 11.3. The van der Waals surface area contributed by atoms with Gasteiger partial charge in [-0.1, -0.05) is 11.6 Å². The van der Waals surface area contributed by atoms with E-state index >= 15 is 0 Å². The molecule has 0 saturated carbocycles. The molecule has 0 amide bonds. The van der Waals surface area contributed by atoms with Crippen LogP contribution in [-0.2, 0) is 0 Å². The quantitative estimate of drug-likeness (QED) is 0.704.